The smallest absolute Gasteiger partial charge is 0.316 e. The lowest BCUT2D eigenvalue weighted by molar-refractivity contribution is -0.139. The van der Waals surface area contributed by atoms with Crippen molar-refractivity contribution in [2.75, 3.05) is 16.3 Å². The Morgan fingerprint density at radius 3 is 2.47 bits per heavy atom. The molecule has 0 bridgehead atoms. The zero-order valence-corrected chi connectivity index (χ0v) is 19.1. The van der Waals surface area contributed by atoms with E-state index in [1.54, 1.807) is 29.2 Å². The number of amides is 3. The first-order valence-electron chi connectivity index (χ1n) is 11.6. The lowest BCUT2D eigenvalue weighted by Crippen LogP contribution is -2.31. The molecule has 2 heterocycles. The first-order valence-corrected chi connectivity index (χ1v) is 11.6. The van der Waals surface area contributed by atoms with E-state index in [2.05, 4.69) is 0 Å². The number of fused-ring (bicyclic) bond motifs is 1. The normalized spacial score (nSPS) is 26.2. The average Bonchev–Trinajstić information content (AvgIpc) is 3.33. The number of hydrogen-bond acceptors (Lipinski definition) is 5. The number of rotatable bonds is 4. The molecule has 2 aromatic carbocycles. The minimum absolute atomic E-state index is 0.0221. The number of benzene rings is 2. The van der Waals surface area contributed by atoms with Gasteiger partial charge in [0, 0.05) is 18.7 Å². The van der Waals surface area contributed by atoms with Crippen LogP contribution in [0.4, 0.5) is 11.4 Å². The van der Waals surface area contributed by atoms with E-state index in [4.69, 9.17) is 4.74 Å². The van der Waals surface area contributed by atoms with Crippen LogP contribution in [0.15, 0.2) is 60.7 Å². The number of carbonyl (C=O) groups excluding carboxylic acids is 4. The summed E-state index contributed by atoms with van der Waals surface area (Å²) in [5.41, 5.74) is 2.28. The number of allylic oxidation sites excluding steroid dienone is 2. The molecule has 5 rings (SSSR count). The number of aryl methyl sites for hydroxylation is 1. The number of nitrogens with zero attached hydrogens (tertiary/aromatic N) is 2. The molecule has 2 aromatic rings. The van der Waals surface area contributed by atoms with Crippen LogP contribution >= 0.6 is 0 Å². The Labute approximate surface area is 198 Å². The lowest BCUT2D eigenvalue weighted by Gasteiger charge is -2.22. The Hall–Kier alpha value is -3.74. The van der Waals surface area contributed by atoms with Crippen molar-refractivity contribution in [2.24, 2.45) is 23.7 Å². The van der Waals surface area contributed by atoms with E-state index >= 15 is 0 Å². The zero-order valence-electron chi connectivity index (χ0n) is 19.1. The number of imide groups is 1. The highest BCUT2D eigenvalue weighted by Crippen LogP contribution is 2.40. The van der Waals surface area contributed by atoms with Gasteiger partial charge in [0.2, 0.25) is 17.7 Å². The molecule has 174 valence electrons. The third-order valence-corrected chi connectivity index (χ3v) is 6.96. The lowest BCUT2D eigenvalue weighted by atomic mass is 9.78. The predicted octanol–water partition coefficient (Wildman–Crippen LogP) is 3.66. The van der Waals surface area contributed by atoms with Crippen LogP contribution in [0, 0.1) is 30.6 Å². The second kappa shape index (κ2) is 8.56. The maximum absolute atomic E-state index is 12.9. The predicted molar refractivity (Wildman–Crippen MR) is 126 cm³/mol. The van der Waals surface area contributed by atoms with E-state index in [0.717, 1.165) is 11.3 Å². The highest BCUT2D eigenvalue weighted by atomic mass is 16.5. The Kier molecular flexibility index (Phi) is 5.55. The van der Waals surface area contributed by atoms with Crippen molar-refractivity contribution in [3.8, 4) is 5.75 Å². The van der Waals surface area contributed by atoms with Crippen molar-refractivity contribution < 1.29 is 23.9 Å². The standard InChI is InChI=1S/C27H26N2O5/c1-16-5-3-7-20(13-16)28-15-18(14-23(28)30)27(33)34-21-11-9-19(10-12-21)29-25(31)22-8-4-6-17(2)24(22)26(29)32/h3-7,9-13,17-18,22,24H,8,14-15H2,1-2H3/t17-,18+,22-,24-/m0/s1. The molecule has 0 spiro atoms. The third kappa shape index (κ3) is 3.81. The minimum atomic E-state index is -0.563. The zero-order chi connectivity index (χ0) is 24.0. The molecule has 2 saturated heterocycles. The third-order valence-electron chi connectivity index (χ3n) is 6.96. The van der Waals surface area contributed by atoms with Gasteiger partial charge in [0.25, 0.3) is 0 Å². The van der Waals surface area contributed by atoms with Crippen LogP contribution in [-0.2, 0) is 19.2 Å². The number of esters is 1. The molecule has 0 saturated carbocycles. The maximum Gasteiger partial charge on any atom is 0.316 e. The molecule has 2 aliphatic heterocycles. The number of anilines is 2. The van der Waals surface area contributed by atoms with Crippen molar-refractivity contribution in [3.63, 3.8) is 0 Å². The fourth-order valence-electron chi connectivity index (χ4n) is 5.18. The van der Waals surface area contributed by atoms with E-state index in [1.165, 1.54) is 4.90 Å². The van der Waals surface area contributed by atoms with Gasteiger partial charge in [-0.05, 0) is 61.2 Å². The summed E-state index contributed by atoms with van der Waals surface area (Å²) < 4.78 is 5.52. The fraction of sp³-hybridized carbons (Fsp3) is 0.333. The van der Waals surface area contributed by atoms with Gasteiger partial charge in [-0.15, -0.1) is 0 Å². The SMILES string of the molecule is Cc1cccc(N2C[C@H](C(=O)Oc3ccc(N4C(=O)[C@@H]5[C@H](CC=C[C@@H]5C)C4=O)cc3)CC2=O)c1. The summed E-state index contributed by atoms with van der Waals surface area (Å²) in [5.74, 6) is -1.83. The molecule has 34 heavy (non-hydrogen) atoms. The quantitative estimate of drug-likeness (QED) is 0.302. The second-order valence-corrected chi connectivity index (χ2v) is 9.33. The summed E-state index contributed by atoms with van der Waals surface area (Å²) in [6, 6.07) is 14.0. The van der Waals surface area contributed by atoms with E-state index in [-0.39, 0.29) is 48.4 Å². The van der Waals surface area contributed by atoms with Gasteiger partial charge < -0.3 is 9.64 Å². The van der Waals surface area contributed by atoms with Gasteiger partial charge in [0.1, 0.15) is 5.75 Å². The van der Waals surface area contributed by atoms with Crippen molar-refractivity contribution in [3.05, 3.63) is 66.2 Å². The molecule has 0 radical (unpaired) electrons. The molecule has 7 nitrogen and oxygen atoms in total. The van der Waals surface area contributed by atoms with E-state index in [0.29, 0.717) is 17.9 Å². The van der Waals surface area contributed by atoms with E-state index in [1.807, 2.05) is 50.3 Å². The largest absolute Gasteiger partial charge is 0.426 e. The molecule has 4 atom stereocenters. The second-order valence-electron chi connectivity index (χ2n) is 9.33. The summed E-state index contributed by atoms with van der Waals surface area (Å²) in [5, 5.41) is 0. The summed E-state index contributed by atoms with van der Waals surface area (Å²) in [7, 11) is 0. The molecule has 0 unspecified atom stereocenters. The monoisotopic (exact) mass is 458 g/mol. The van der Waals surface area contributed by atoms with Crippen molar-refractivity contribution in [1.29, 1.82) is 0 Å². The van der Waals surface area contributed by atoms with Crippen LogP contribution in [0.25, 0.3) is 0 Å². The Bertz CT molecular complexity index is 1200. The van der Waals surface area contributed by atoms with Crippen LogP contribution in [0.5, 0.6) is 5.75 Å². The molecule has 2 fully saturated rings. The molecule has 3 amide bonds. The van der Waals surface area contributed by atoms with Crippen LogP contribution in [0.2, 0.25) is 0 Å². The van der Waals surface area contributed by atoms with E-state index in [9.17, 15) is 19.2 Å². The van der Waals surface area contributed by atoms with Gasteiger partial charge in [-0.3, -0.25) is 24.1 Å². The van der Waals surface area contributed by atoms with E-state index < -0.39 is 11.9 Å². The summed E-state index contributed by atoms with van der Waals surface area (Å²) in [6.07, 6.45) is 4.63. The van der Waals surface area contributed by atoms with Gasteiger partial charge in [-0.1, -0.05) is 31.2 Å². The van der Waals surface area contributed by atoms with Crippen LogP contribution in [0.1, 0.15) is 25.3 Å². The Balaban J connectivity index is 1.25. The summed E-state index contributed by atoms with van der Waals surface area (Å²) in [4.78, 5) is 53.9. The van der Waals surface area contributed by atoms with Crippen LogP contribution in [0.3, 0.4) is 0 Å². The number of hydrogen-bond donors (Lipinski definition) is 0. The van der Waals surface area contributed by atoms with Gasteiger partial charge in [-0.2, -0.15) is 0 Å². The first kappa shape index (κ1) is 22.1. The molecular formula is C27H26N2O5. The van der Waals surface area contributed by atoms with Gasteiger partial charge in [0.05, 0.1) is 23.4 Å². The molecule has 7 heteroatoms. The van der Waals surface area contributed by atoms with Crippen LogP contribution < -0.4 is 14.5 Å². The molecule has 3 aliphatic rings. The average molecular weight is 459 g/mol. The van der Waals surface area contributed by atoms with Crippen molar-refractivity contribution in [2.45, 2.75) is 26.7 Å². The van der Waals surface area contributed by atoms with Crippen molar-refractivity contribution in [1.82, 2.24) is 0 Å². The van der Waals surface area contributed by atoms with Gasteiger partial charge in [-0.25, -0.2) is 0 Å². The van der Waals surface area contributed by atoms with Crippen LogP contribution in [-0.4, -0.2) is 30.2 Å². The van der Waals surface area contributed by atoms with Crippen molar-refractivity contribution >= 4 is 35.1 Å². The summed E-state index contributed by atoms with van der Waals surface area (Å²) in [6.45, 7) is 4.18. The van der Waals surface area contributed by atoms with Gasteiger partial charge >= 0.3 is 5.97 Å². The number of ether oxygens (including phenoxy) is 1. The Morgan fingerprint density at radius 1 is 1.00 bits per heavy atom. The van der Waals surface area contributed by atoms with Gasteiger partial charge in [0.15, 0.2) is 0 Å². The molecule has 1 aliphatic carbocycles. The number of carbonyl (C=O) groups is 4. The molecular weight excluding hydrogens is 432 g/mol. The first-order chi connectivity index (χ1) is 16.3. The highest BCUT2D eigenvalue weighted by Gasteiger charge is 2.50. The summed E-state index contributed by atoms with van der Waals surface area (Å²) >= 11 is 0. The maximum atomic E-state index is 12.9. The highest BCUT2D eigenvalue weighted by molar-refractivity contribution is 6.22. The minimum Gasteiger partial charge on any atom is -0.426 e. The Morgan fingerprint density at radius 2 is 1.76 bits per heavy atom. The molecule has 0 aromatic heterocycles. The molecule has 0 N–H and O–H groups in total. The topological polar surface area (TPSA) is 84.0 Å². The fourth-order valence-corrected chi connectivity index (χ4v) is 5.18.